The van der Waals surface area contributed by atoms with E-state index in [1.165, 1.54) is 17.3 Å². The number of hydrogen-bond donors (Lipinski definition) is 2. The van der Waals surface area contributed by atoms with E-state index in [0.717, 1.165) is 25.1 Å². The summed E-state index contributed by atoms with van der Waals surface area (Å²) >= 11 is 6.55. The number of hydrogen-bond acceptors (Lipinski definition) is 10. The predicted molar refractivity (Wildman–Crippen MR) is 136 cm³/mol. The number of para-hydroxylation sites is 1. The highest BCUT2D eigenvalue weighted by molar-refractivity contribution is 6.32. The molecule has 1 aliphatic heterocycles. The van der Waals surface area contributed by atoms with E-state index >= 15 is 0 Å². The second kappa shape index (κ2) is 10.5. The van der Waals surface area contributed by atoms with Crippen molar-refractivity contribution in [1.29, 1.82) is 0 Å². The van der Waals surface area contributed by atoms with Crippen LogP contribution in [0, 0.1) is 6.92 Å². The first-order valence-electron chi connectivity index (χ1n) is 11.8. The van der Waals surface area contributed by atoms with Gasteiger partial charge in [-0.2, -0.15) is 14.9 Å². The molecule has 192 valence electrons. The zero-order chi connectivity index (χ0) is 25.9. The van der Waals surface area contributed by atoms with Crippen LogP contribution in [0.1, 0.15) is 53.6 Å². The number of anilines is 1. The molecule has 1 amide bonds. The molecule has 1 aliphatic rings. The third kappa shape index (κ3) is 4.95. The third-order valence-electron chi connectivity index (χ3n) is 6.38. The Hall–Kier alpha value is -4.10. The summed E-state index contributed by atoms with van der Waals surface area (Å²) in [5.41, 5.74) is 11.1. The summed E-state index contributed by atoms with van der Waals surface area (Å²) in [6, 6.07) is 9.84. The van der Waals surface area contributed by atoms with Crippen molar-refractivity contribution in [3.8, 4) is 11.5 Å². The van der Waals surface area contributed by atoms with Gasteiger partial charge in [-0.05, 0) is 55.7 Å². The SMILES string of the molecule is Cc1nn(-c2ccccc2)c(Cl)c1/C=N/NC(=O)c1nnn(-c2nonc2N)c1CN1CCCC[C@H]1C. The zero-order valence-corrected chi connectivity index (χ0v) is 21.1. The number of halogens is 1. The van der Waals surface area contributed by atoms with Crippen LogP contribution in [0.4, 0.5) is 5.82 Å². The van der Waals surface area contributed by atoms with Crippen LogP contribution in [0.3, 0.4) is 0 Å². The van der Waals surface area contributed by atoms with Crippen LogP contribution in [-0.4, -0.2) is 64.7 Å². The highest BCUT2D eigenvalue weighted by Gasteiger charge is 2.28. The van der Waals surface area contributed by atoms with Gasteiger partial charge in [0, 0.05) is 12.6 Å². The lowest BCUT2D eigenvalue weighted by atomic mass is 10.0. The Kier molecular flexibility index (Phi) is 6.97. The molecule has 4 heterocycles. The Bertz CT molecular complexity index is 1430. The molecule has 5 rings (SSSR count). The fourth-order valence-electron chi connectivity index (χ4n) is 4.32. The minimum Gasteiger partial charge on any atom is -0.378 e. The first-order chi connectivity index (χ1) is 17.9. The number of hydrazone groups is 1. The number of aryl methyl sites for hydroxylation is 1. The standard InChI is InChI=1S/C23H26ClN11O2/c1-14-8-6-7-11-33(14)13-18-19(27-32-35(18)22-21(25)30-37-31-22)23(36)28-26-12-17-15(2)29-34(20(17)24)16-9-4-3-5-10-16/h3-5,9-10,12,14H,6-8,11,13H2,1-2H3,(H2,25,30)(H,28,36)/b26-12+/t14-/m1/s1. The maximum Gasteiger partial charge on any atom is 0.293 e. The van der Waals surface area contributed by atoms with Crippen molar-refractivity contribution in [3.05, 3.63) is 58.1 Å². The predicted octanol–water partition coefficient (Wildman–Crippen LogP) is 2.52. The van der Waals surface area contributed by atoms with Crippen LogP contribution < -0.4 is 11.2 Å². The van der Waals surface area contributed by atoms with Crippen molar-refractivity contribution >= 4 is 29.5 Å². The number of benzene rings is 1. The van der Waals surface area contributed by atoms with Gasteiger partial charge in [0.25, 0.3) is 5.91 Å². The minimum absolute atomic E-state index is 0.0448. The van der Waals surface area contributed by atoms with Gasteiger partial charge < -0.3 is 5.73 Å². The van der Waals surface area contributed by atoms with Crippen LogP contribution in [-0.2, 0) is 6.54 Å². The summed E-state index contributed by atoms with van der Waals surface area (Å²) in [5, 5.41) is 24.6. The number of nitrogens with two attached hydrogens (primary N) is 1. The Morgan fingerprint density at radius 2 is 2.08 bits per heavy atom. The summed E-state index contributed by atoms with van der Waals surface area (Å²) in [5.74, 6) is -0.324. The van der Waals surface area contributed by atoms with Crippen LogP contribution in [0.5, 0.6) is 0 Å². The molecule has 0 radical (unpaired) electrons. The molecule has 1 saturated heterocycles. The van der Waals surface area contributed by atoms with E-state index in [4.69, 9.17) is 22.0 Å². The van der Waals surface area contributed by atoms with Gasteiger partial charge in [-0.15, -0.1) is 5.10 Å². The highest BCUT2D eigenvalue weighted by Crippen LogP contribution is 2.24. The Labute approximate surface area is 217 Å². The summed E-state index contributed by atoms with van der Waals surface area (Å²) in [7, 11) is 0. The first-order valence-corrected chi connectivity index (χ1v) is 12.2. The number of carbonyl (C=O) groups excluding carboxylic acids is 1. The summed E-state index contributed by atoms with van der Waals surface area (Å²) in [4.78, 5) is 15.4. The van der Waals surface area contributed by atoms with Gasteiger partial charge in [-0.3, -0.25) is 9.69 Å². The van der Waals surface area contributed by atoms with E-state index in [-0.39, 0.29) is 17.3 Å². The van der Waals surface area contributed by atoms with Crippen LogP contribution in [0.2, 0.25) is 5.15 Å². The minimum atomic E-state index is -0.540. The zero-order valence-electron chi connectivity index (χ0n) is 20.4. The van der Waals surface area contributed by atoms with Crippen molar-refractivity contribution in [2.45, 2.75) is 45.7 Å². The monoisotopic (exact) mass is 523 g/mol. The van der Waals surface area contributed by atoms with E-state index in [1.807, 2.05) is 37.3 Å². The molecule has 14 heteroatoms. The maximum absolute atomic E-state index is 13.1. The largest absolute Gasteiger partial charge is 0.378 e. The molecule has 0 bridgehead atoms. The van der Waals surface area contributed by atoms with E-state index in [1.54, 1.807) is 4.68 Å². The number of nitrogens with zero attached hydrogens (tertiary/aromatic N) is 9. The molecule has 1 aromatic carbocycles. The molecule has 3 aromatic heterocycles. The molecule has 1 fully saturated rings. The van der Waals surface area contributed by atoms with Crippen LogP contribution in [0.15, 0.2) is 40.1 Å². The van der Waals surface area contributed by atoms with E-state index in [0.29, 0.717) is 34.7 Å². The Morgan fingerprint density at radius 3 is 2.81 bits per heavy atom. The van der Waals surface area contributed by atoms with Crippen molar-refractivity contribution in [2.24, 2.45) is 5.10 Å². The van der Waals surface area contributed by atoms with Gasteiger partial charge in [0.05, 0.1) is 28.9 Å². The topological polar surface area (TPSA) is 158 Å². The molecule has 37 heavy (non-hydrogen) atoms. The first kappa shape index (κ1) is 24.6. The van der Waals surface area contributed by atoms with Gasteiger partial charge in [0.2, 0.25) is 11.6 Å². The number of aromatic nitrogens is 7. The summed E-state index contributed by atoms with van der Waals surface area (Å²) in [6.07, 6.45) is 4.76. The molecule has 4 aromatic rings. The molecule has 0 unspecified atom stereocenters. The highest BCUT2D eigenvalue weighted by atomic mass is 35.5. The average molecular weight is 524 g/mol. The van der Waals surface area contributed by atoms with Crippen molar-refractivity contribution < 1.29 is 9.42 Å². The molecule has 0 spiro atoms. The number of piperidine rings is 1. The normalized spacial score (nSPS) is 16.5. The van der Waals surface area contributed by atoms with Gasteiger partial charge in [0.1, 0.15) is 5.15 Å². The van der Waals surface area contributed by atoms with Gasteiger partial charge in [-0.1, -0.05) is 41.4 Å². The lowest BCUT2D eigenvalue weighted by Gasteiger charge is -2.33. The second-order valence-corrected chi connectivity index (χ2v) is 9.18. The Balaban J connectivity index is 1.39. The quantitative estimate of drug-likeness (QED) is 0.274. The molecular weight excluding hydrogens is 498 g/mol. The maximum atomic E-state index is 13.1. The summed E-state index contributed by atoms with van der Waals surface area (Å²) in [6.45, 7) is 5.28. The van der Waals surface area contributed by atoms with Gasteiger partial charge in [-0.25, -0.2) is 14.7 Å². The van der Waals surface area contributed by atoms with E-state index in [9.17, 15) is 4.79 Å². The fourth-order valence-corrected chi connectivity index (χ4v) is 4.64. The third-order valence-corrected chi connectivity index (χ3v) is 6.74. The lowest BCUT2D eigenvalue weighted by molar-refractivity contribution is 0.0945. The number of amides is 1. The molecule has 0 aliphatic carbocycles. The molecule has 0 saturated carbocycles. The van der Waals surface area contributed by atoms with E-state index < -0.39 is 5.91 Å². The number of nitrogens with one attached hydrogen (secondary N) is 1. The van der Waals surface area contributed by atoms with Crippen LogP contribution in [0.25, 0.3) is 11.5 Å². The molecule has 13 nitrogen and oxygen atoms in total. The number of rotatable bonds is 7. The molecule has 1 atom stereocenters. The average Bonchev–Trinajstić information content (AvgIpc) is 3.59. The van der Waals surface area contributed by atoms with E-state index in [2.05, 4.69) is 48.1 Å². The Morgan fingerprint density at radius 1 is 1.27 bits per heavy atom. The van der Waals surface area contributed by atoms with Crippen LogP contribution >= 0.6 is 11.6 Å². The van der Waals surface area contributed by atoms with Crippen molar-refractivity contribution in [3.63, 3.8) is 0 Å². The molecular formula is C23H26ClN11O2. The van der Waals surface area contributed by atoms with Gasteiger partial charge in [0.15, 0.2) is 5.69 Å². The van der Waals surface area contributed by atoms with Gasteiger partial charge >= 0.3 is 0 Å². The smallest absolute Gasteiger partial charge is 0.293 e. The van der Waals surface area contributed by atoms with Crippen molar-refractivity contribution in [2.75, 3.05) is 12.3 Å². The summed E-state index contributed by atoms with van der Waals surface area (Å²) < 4.78 is 7.73. The lowest BCUT2D eigenvalue weighted by Crippen LogP contribution is -2.38. The number of likely N-dealkylation sites (tertiary alicyclic amines) is 1. The van der Waals surface area contributed by atoms with Crippen molar-refractivity contribution in [1.82, 2.24) is 45.4 Å². The number of nitrogen functional groups attached to an aromatic ring is 1. The fraction of sp³-hybridized carbons (Fsp3) is 0.348. The second-order valence-electron chi connectivity index (χ2n) is 8.82. The molecule has 3 N–H and O–H groups in total. The number of carbonyl (C=O) groups is 1.